The molecule has 2 atom stereocenters. The van der Waals surface area contributed by atoms with Gasteiger partial charge in [0.2, 0.25) is 5.91 Å². The van der Waals surface area contributed by atoms with E-state index in [0.29, 0.717) is 50.3 Å². The molecule has 0 radical (unpaired) electrons. The van der Waals surface area contributed by atoms with Crippen LogP contribution >= 0.6 is 0 Å². The fourth-order valence-corrected chi connectivity index (χ4v) is 5.77. The third-order valence-electron chi connectivity index (χ3n) is 7.92. The summed E-state index contributed by atoms with van der Waals surface area (Å²) in [6.45, 7) is 13.5. The normalized spacial score (nSPS) is 17.0. The van der Waals surface area contributed by atoms with Gasteiger partial charge in [-0.25, -0.2) is 0 Å². The van der Waals surface area contributed by atoms with E-state index >= 15 is 0 Å². The SMILES string of the molecule is CCOC(=O)CN1CCN(C(=O)[C@H](CC(C)C)N[C@H](CCN2C(=O)c3cc4ccccc4cc3C2=O)C(=O)OC(C)(C)C)CC1. The monoisotopic (exact) mass is 622 g/mol. The van der Waals surface area contributed by atoms with Crippen molar-refractivity contribution in [3.63, 3.8) is 0 Å². The summed E-state index contributed by atoms with van der Waals surface area (Å²) in [5, 5.41) is 4.99. The number of ether oxygens (including phenoxy) is 2. The Labute approximate surface area is 265 Å². The number of rotatable bonds is 12. The largest absolute Gasteiger partial charge is 0.465 e. The number of hydrogen-bond donors (Lipinski definition) is 1. The van der Waals surface area contributed by atoms with Gasteiger partial charge in [-0.1, -0.05) is 38.1 Å². The van der Waals surface area contributed by atoms with Gasteiger partial charge in [0.15, 0.2) is 0 Å². The summed E-state index contributed by atoms with van der Waals surface area (Å²) in [7, 11) is 0. The van der Waals surface area contributed by atoms with Gasteiger partial charge in [0.1, 0.15) is 11.6 Å². The van der Waals surface area contributed by atoms with Crippen molar-refractivity contribution in [1.29, 1.82) is 0 Å². The third kappa shape index (κ3) is 8.67. The zero-order valence-corrected chi connectivity index (χ0v) is 27.3. The minimum Gasteiger partial charge on any atom is -0.465 e. The van der Waals surface area contributed by atoms with Gasteiger partial charge in [0.05, 0.1) is 30.3 Å². The van der Waals surface area contributed by atoms with Crippen LogP contribution in [0.25, 0.3) is 10.8 Å². The van der Waals surface area contributed by atoms with Crippen molar-refractivity contribution in [2.24, 2.45) is 5.92 Å². The molecule has 0 spiro atoms. The number of amides is 3. The number of imide groups is 1. The average Bonchev–Trinajstić information content (AvgIpc) is 3.20. The van der Waals surface area contributed by atoms with Crippen LogP contribution in [0.5, 0.6) is 0 Å². The molecule has 0 aromatic heterocycles. The molecule has 45 heavy (non-hydrogen) atoms. The molecule has 2 aliphatic heterocycles. The van der Waals surface area contributed by atoms with Gasteiger partial charge in [-0.3, -0.25) is 39.1 Å². The van der Waals surface area contributed by atoms with E-state index in [1.54, 1.807) is 44.7 Å². The number of esters is 2. The molecule has 11 nitrogen and oxygen atoms in total. The lowest BCUT2D eigenvalue weighted by Gasteiger charge is -2.37. The summed E-state index contributed by atoms with van der Waals surface area (Å²) >= 11 is 0. The lowest BCUT2D eigenvalue weighted by molar-refractivity contribution is -0.158. The second kappa shape index (κ2) is 14.5. The number of nitrogens with one attached hydrogen (secondary N) is 1. The van der Waals surface area contributed by atoms with Crippen molar-refractivity contribution in [2.75, 3.05) is 45.9 Å². The van der Waals surface area contributed by atoms with Crippen molar-refractivity contribution in [2.45, 2.75) is 72.1 Å². The van der Waals surface area contributed by atoms with Gasteiger partial charge in [-0.2, -0.15) is 0 Å². The van der Waals surface area contributed by atoms with Crippen LogP contribution in [0.3, 0.4) is 0 Å². The molecule has 0 aliphatic carbocycles. The van der Waals surface area contributed by atoms with Crippen LogP contribution in [0.2, 0.25) is 0 Å². The molecular weight excluding hydrogens is 576 g/mol. The highest BCUT2D eigenvalue weighted by molar-refractivity contribution is 6.23. The minimum atomic E-state index is -0.939. The molecule has 4 rings (SSSR count). The number of carbonyl (C=O) groups excluding carboxylic acids is 5. The van der Waals surface area contributed by atoms with Crippen molar-refractivity contribution in [1.82, 2.24) is 20.0 Å². The van der Waals surface area contributed by atoms with Gasteiger partial charge < -0.3 is 14.4 Å². The van der Waals surface area contributed by atoms with Gasteiger partial charge in [-0.05, 0) is 69.4 Å². The van der Waals surface area contributed by atoms with Crippen molar-refractivity contribution >= 4 is 40.4 Å². The van der Waals surface area contributed by atoms with E-state index in [2.05, 4.69) is 5.32 Å². The minimum absolute atomic E-state index is 0.0191. The summed E-state index contributed by atoms with van der Waals surface area (Å²) < 4.78 is 10.8. The Morgan fingerprint density at radius 2 is 1.49 bits per heavy atom. The first-order valence-corrected chi connectivity index (χ1v) is 15.8. The van der Waals surface area contributed by atoms with Crippen molar-refractivity contribution in [3.8, 4) is 0 Å². The lowest BCUT2D eigenvalue weighted by atomic mass is 10.00. The number of fused-ring (bicyclic) bond motifs is 2. The second-order valence-corrected chi connectivity index (χ2v) is 13.1. The number of piperazine rings is 1. The van der Waals surface area contributed by atoms with Crippen LogP contribution in [0.4, 0.5) is 0 Å². The Hall–Kier alpha value is -3.83. The highest BCUT2D eigenvalue weighted by Crippen LogP contribution is 2.28. The number of nitrogens with zero attached hydrogens (tertiary/aromatic N) is 3. The van der Waals surface area contributed by atoms with Gasteiger partial charge in [0, 0.05) is 32.7 Å². The quantitative estimate of drug-likeness (QED) is 0.281. The van der Waals surface area contributed by atoms with E-state index in [-0.39, 0.29) is 37.3 Å². The third-order valence-corrected chi connectivity index (χ3v) is 7.92. The Kier molecular flexibility index (Phi) is 11.0. The smallest absolute Gasteiger partial charge is 0.323 e. The highest BCUT2D eigenvalue weighted by Gasteiger charge is 2.38. The van der Waals surface area contributed by atoms with E-state index in [0.717, 1.165) is 10.8 Å². The fourth-order valence-electron chi connectivity index (χ4n) is 5.77. The Morgan fingerprint density at radius 1 is 0.911 bits per heavy atom. The molecule has 2 aromatic carbocycles. The summed E-state index contributed by atoms with van der Waals surface area (Å²) in [6, 6.07) is 9.38. The number of benzene rings is 2. The molecule has 0 unspecified atom stereocenters. The average molecular weight is 623 g/mol. The van der Waals surface area contributed by atoms with E-state index in [9.17, 15) is 24.0 Å². The fraction of sp³-hybridized carbons (Fsp3) is 0.559. The summed E-state index contributed by atoms with van der Waals surface area (Å²) in [5.41, 5.74) is -0.0923. The highest BCUT2D eigenvalue weighted by atomic mass is 16.6. The molecule has 244 valence electrons. The first-order valence-electron chi connectivity index (χ1n) is 15.8. The van der Waals surface area contributed by atoms with Crippen LogP contribution in [0.1, 0.15) is 75.1 Å². The molecule has 1 saturated heterocycles. The standard InChI is InChI=1S/C34H46N4O7/c1-7-44-29(39)21-36-14-16-37(17-15-36)32(42)28(18-22(2)3)35-27(33(43)45-34(4,5)6)12-13-38-30(40)25-19-23-10-8-9-11-24(23)20-26(25)31(38)41/h8-11,19-20,22,27-28,35H,7,12-18,21H2,1-6H3/t27-,28+/m1/s1. The summed E-state index contributed by atoms with van der Waals surface area (Å²) in [4.78, 5) is 70.8. The molecule has 2 aromatic rings. The summed E-state index contributed by atoms with van der Waals surface area (Å²) in [6.07, 6.45) is 0.551. The van der Waals surface area contributed by atoms with Crippen LogP contribution < -0.4 is 5.32 Å². The molecular formula is C34H46N4O7. The summed E-state index contributed by atoms with van der Waals surface area (Å²) in [5.74, 6) is -1.64. The topological polar surface area (TPSA) is 126 Å². The maximum atomic E-state index is 13.8. The Balaban J connectivity index is 1.48. The first kappa shape index (κ1) is 34.1. The number of hydrogen-bond acceptors (Lipinski definition) is 9. The molecule has 0 bridgehead atoms. The van der Waals surface area contributed by atoms with E-state index in [4.69, 9.17) is 9.47 Å². The van der Waals surface area contributed by atoms with Crippen LogP contribution in [0, 0.1) is 5.92 Å². The van der Waals surface area contributed by atoms with Crippen molar-refractivity contribution in [3.05, 3.63) is 47.5 Å². The zero-order chi connectivity index (χ0) is 32.9. The lowest BCUT2D eigenvalue weighted by Crippen LogP contribution is -2.58. The molecule has 2 aliphatic rings. The van der Waals surface area contributed by atoms with Gasteiger partial charge in [-0.15, -0.1) is 0 Å². The predicted octanol–water partition coefficient (Wildman–Crippen LogP) is 3.25. The second-order valence-electron chi connectivity index (χ2n) is 13.1. The van der Waals surface area contributed by atoms with Crippen LogP contribution in [-0.2, 0) is 23.9 Å². The maximum Gasteiger partial charge on any atom is 0.323 e. The van der Waals surface area contributed by atoms with Gasteiger partial charge >= 0.3 is 11.9 Å². The Morgan fingerprint density at radius 3 is 2.00 bits per heavy atom. The maximum absolute atomic E-state index is 13.8. The zero-order valence-electron chi connectivity index (χ0n) is 27.3. The first-order chi connectivity index (χ1) is 21.3. The van der Waals surface area contributed by atoms with E-state index < -0.39 is 35.5 Å². The van der Waals surface area contributed by atoms with E-state index in [1.165, 1.54) is 4.90 Å². The van der Waals surface area contributed by atoms with Crippen LogP contribution in [0.15, 0.2) is 36.4 Å². The van der Waals surface area contributed by atoms with Gasteiger partial charge in [0.25, 0.3) is 11.8 Å². The van der Waals surface area contributed by atoms with E-state index in [1.807, 2.05) is 43.0 Å². The molecule has 0 saturated carbocycles. The molecule has 11 heteroatoms. The number of carbonyl (C=O) groups is 5. The molecule has 1 N–H and O–H groups in total. The van der Waals surface area contributed by atoms with Crippen molar-refractivity contribution < 1.29 is 33.4 Å². The predicted molar refractivity (Wildman–Crippen MR) is 170 cm³/mol. The Bertz CT molecular complexity index is 1370. The molecule has 2 heterocycles. The molecule has 1 fully saturated rings. The molecule has 3 amide bonds. The van der Waals surface area contributed by atoms with Crippen LogP contribution in [-0.4, -0.2) is 108 Å².